The Hall–Kier alpha value is -3.09. The lowest BCUT2D eigenvalue weighted by molar-refractivity contribution is -0.124. The molecule has 6 heteroatoms. The zero-order valence-corrected chi connectivity index (χ0v) is 16.3. The van der Waals surface area contributed by atoms with Crippen LogP contribution in [0.4, 0.5) is 5.69 Å². The van der Waals surface area contributed by atoms with Crippen LogP contribution in [0.15, 0.2) is 60.8 Å². The van der Waals surface area contributed by atoms with E-state index in [1.54, 1.807) is 11.6 Å². The molecular formula is C23H26N4O2. The van der Waals surface area contributed by atoms with E-state index in [1.165, 1.54) is 22.5 Å². The van der Waals surface area contributed by atoms with E-state index in [2.05, 4.69) is 45.5 Å². The Morgan fingerprint density at radius 3 is 2.83 bits per heavy atom. The molecule has 0 unspecified atom stereocenters. The average Bonchev–Trinajstić information content (AvgIpc) is 3.24. The molecule has 0 radical (unpaired) electrons. The first-order valence-electron chi connectivity index (χ1n) is 9.98. The van der Waals surface area contributed by atoms with Crippen molar-refractivity contribution in [3.05, 3.63) is 71.9 Å². The summed E-state index contributed by atoms with van der Waals surface area (Å²) in [6.45, 7) is 2.80. The molecule has 4 N–H and O–H groups in total. The molecule has 0 spiro atoms. The van der Waals surface area contributed by atoms with Crippen LogP contribution >= 0.6 is 0 Å². The van der Waals surface area contributed by atoms with E-state index in [9.17, 15) is 4.79 Å². The third kappa shape index (κ3) is 4.67. The Labute approximate surface area is 170 Å². The second kappa shape index (κ2) is 8.94. The lowest BCUT2D eigenvalue weighted by atomic mass is 10.0. The van der Waals surface area contributed by atoms with Gasteiger partial charge in [0.25, 0.3) is 5.91 Å². The summed E-state index contributed by atoms with van der Waals surface area (Å²) in [5, 5.41) is 13.6. The van der Waals surface area contributed by atoms with E-state index >= 15 is 0 Å². The van der Waals surface area contributed by atoms with E-state index in [0.717, 1.165) is 43.7 Å². The molecule has 2 aromatic carbocycles. The van der Waals surface area contributed by atoms with Gasteiger partial charge in [-0.15, -0.1) is 0 Å². The minimum atomic E-state index is -0.527. The molecule has 1 aliphatic heterocycles. The maximum Gasteiger partial charge on any atom is 0.267 e. The first kappa shape index (κ1) is 19.2. The van der Waals surface area contributed by atoms with Crippen LogP contribution in [0.1, 0.15) is 24.0 Å². The largest absolute Gasteiger partial charge is 0.371 e. The van der Waals surface area contributed by atoms with Crippen molar-refractivity contribution < 1.29 is 10.0 Å². The van der Waals surface area contributed by atoms with E-state index in [0.29, 0.717) is 6.04 Å². The molecule has 0 aliphatic carbocycles. The molecule has 1 aromatic heterocycles. The zero-order chi connectivity index (χ0) is 20.1. The predicted molar refractivity (Wildman–Crippen MR) is 116 cm³/mol. The smallest absolute Gasteiger partial charge is 0.267 e. The lowest BCUT2D eigenvalue weighted by Gasteiger charge is -2.35. The SMILES string of the molecule is O=C(/C=C/c1ccccc1N1CCC(NCc2ccc3[nH]ccc3c2)CC1)NO. The number of aromatic amines is 1. The van der Waals surface area contributed by atoms with Crippen molar-refractivity contribution in [1.29, 1.82) is 0 Å². The molecule has 1 fully saturated rings. The van der Waals surface area contributed by atoms with Crippen LogP contribution in [0.3, 0.4) is 0 Å². The first-order valence-corrected chi connectivity index (χ1v) is 9.98. The molecular weight excluding hydrogens is 364 g/mol. The predicted octanol–water partition coefficient (Wildman–Crippen LogP) is 3.45. The maximum absolute atomic E-state index is 11.3. The molecule has 4 rings (SSSR count). The maximum atomic E-state index is 11.3. The van der Waals surface area contributed by atoms with Gasteiger partial charge in [-0.3, -0.25) is 10.0 Å². The molecule has 1 amide bonds. The van der Waals surface area contributed by atoms with Crippen molar-refractivity contribution in [2.75, 3.05) is 18.0 Å². The molecule has 0 bridgehead atoms. The number of piperidine rings is 1. The number of benzene rings is 2. The topological polar surface area (TPSA) is 80.4 Å². The number of amides is 1. The highest BCUT2D eigenvalue weighted by Crippen LogP contribution is 2.25. The van der Waals surface area contributed by atoms with Crippen LogP contribution in [0.5, 0.6) is 0 Å². The van der Waals surface area contributed by atoms with Crippen LogP contribution in [-0.2, 0) is 11.3 Å². The zero-order valence-electron chi connectivity index (χ0n) is 16.3. The van der Waals surface area contributed by atoms with Crippen molar-refractivity contribution in [3.63, 3.8) is 0 Å². The molecule has 1 saturated heterocycles. The summed E-state index contributed by atoms with van der Waals surface area (Å²) in [7, 11) is 0. The molecule has 2 heterocycles. The number of hydrogen-bond acceptors (Lipinski definition) is 4. The van der Waals surface area contributed by atoms with Gasteiger partial charge in [-0.25, -0.2) is 5.48 Å². The first-order chi connectivity index (χ1) is 14.2. The van der Waals surface area contributed by atoms with Gasteiger partial charge in [-0.1, -0.05) is 24.3 Å². The normalized spacial score (nSPS) is 15.3. The second-order valence-electron chi connectivity index (χ2n) is 7.41. The molecule has 6 nitrogen and oxygen atoms in total. The number of anilines is 1. The summed E-state index contributed by atoms with van der Waals surface area (Å²) in [6, 6.07) is 17.2. The summed E-state index contributed by atoms with van der Waals surface area (Å²) in [6.07, 6.45) is 7.20. The van der Waals surface area contributed by atoms with Crippen molar-refractivity contribution >= 4 is 28.6 Å². The Kier molecular flexibility index (Phi) is 5.93. The van der Waals surface area contributed by atoms with Crippen molar-refractivity contribution in [2.24, 2.45) is 0 Å². The summed E-state index contributed by atoms with van der Waals surface area (Å²) < 4.78 is 0. The van der Waals surface area contributed by atoms with Gasteiger partial charge in [0, 0.05) is 49.2 Å². The van der Waals surface area contributed by atoms with Gasteiger partial charge in [-0.05, 0) is 59.7 Å². The minimum Gasteiger partial charge on any atom is -0.371 e. The number of hydroxylamine groups is 1. The van der Waals surface area contributed by atoms with E-state index < -0.39 is 5.91 Å². The number of hydrogen-bond donors (Lipinski definition) is 4. The molecule has 0 saturated carbocycles. The fraction of sp³-hybridized carbons (Fsp3) is 0.261. The summed E-state index contributed by atoms with van der Waals surface area (Å²) >= 11 is 0. The summed E-state index contributed by atoms with van der Waals surface area (Å²) in [5.41, 5.74) is 6.19. The third-order valence-electron chi connectivity index (χ3n) is 5.51. The van der Waals surface area contributed by atoms with Gasteiger partial charge in [-0.2, -0.15) is 0 Å². The molecule has 3 aromatic rings. The Morgan fingerprint density at radius 1 is 1.17 bits per heavy atom. The van der Waals surface area contributed by atoms with E-state index in [1.807, 2.05) is 24.4 Å². The van der Waals surface area contributed by atoms with Gasteiger partial charge in [0.2, 0.25) is 0 Å². The Bertz CT molecular complexity index is 1000. The number of H-pyrrole nitrogens is 1. The molecule has 1 aliphatic rings. The van der Waals surface area contributed by atoms with Crippen LogP contribution < -0.4 is 15.7 Å². The quantitative estimate of drug-likeness (QED) is 0.295. The number of carbonyl (C=O) groups excluding carboxylic acids is 1. The van der Waals surface area contributed by atoms with Gasteiger partial charge in [0.15, 0.2) is 0 Å². The Balaban J connectivity index is 1.33. The standard InChI is InChI=1S/C23H26N4O2/c28-23(26-29)8-6-18-3-1-2-4-22(18)27-13-10-20(11-14-27)25-16-17-5-7-21-19(15-17)9-12-24-21/h1-9,12,15,20,24-25,29H,10-11,13-14,16H2,(H,26,28)/b8-6+. The number of carbonyl (C=O) groups is 1. The number of fused-ring (bicyclic) bond motifs is 1. The molecule has 29 heavy (non-hydrogen) atoms. The van der Waals surface area contributed by atoms with Crippen LogP contribution in [0.25, 0.3) is 17.0 Å². The number of para-hydroxylation sites is 1. The highest BCUT2D eigenvalue weighted by atomic mass is 16.5. The fourth-order valence-corrected chi connectivity index (χ4v) is 3.92. The number of rotatable bonds is 6. The lowest BCUT2D eigenvalue weighted by Crippen LogP contribution is -2.42. The summed E-state index contributed by atoms with van der Waals surface area (Å²) in [4.78, 5) is 16.9. The van der Waals surface area contributed by atoms with Gasteiger partial charge in [0.1, 0.15) is 0 Å². The number of aromatic nitrogens is 1. The van der Waals surface area contributed by atoms with Crippen molar-refractivity contribution in [1.82, 2.24) is 15.8 Å². The van der Waals surface area contributed by atoms with Crippen LogP contribution in [-0.4, -0.2) is 35.2 Å². The van der Waals surface area contributed by atoms with Crippen molar-refractivity contribution in [2.45, 2.75) is 25.4 Å². The minimum absolute atomic E-state index is 0.496. The average molecular weight is 390 g/mol. The fourth-order valence-electron chi connectivity index (χ4n) is 3.92. The van der Waals surface area contributed by atoms with Crippen LogP contribution in [0, 0.1) is 0 Å². The molecule has 150 valence electrons. The highest BCUT2D eigenvalue weighted by molar-refractivity contribution is 5.91. The highest BCUT2D eigenvalue weighted by Gasteiger charge is 2.20. The van der Waals surface area contributed by atoms with Gasteiger partial charge < -0.3 is 15.2 Å². The molecule has 0 atom stereocenters. The van der Waals surface area contributed by atoms with E-state index in [4.69, 9.17) is 5.21 Å². The van der Waals surface area contributed by atoms with Crippen molar-refractivity contribution in [3.8, 4) is 0 Å². The van der Waals surface area contributed by atoms with Crippen LogP contribution in [0.2, 0.25) is 0 Å². The third-order valence-corrected chi connectivity index (χ3v) is 5.51. The second-order valence-corrected chi connectivity index (χ2v) is 7.41. The number of nitrogens with one attached hydrogen (secondary N) is 3. The summed E-state index contributed by atoms with van der Waals surface area (Å²) in [5.74, 6) is -0.527. The van der Waals surface area contributed by atoms with Gasteiger partial charge >= 0.3 is 0 Å². The van der Waals surface area contributed by atoms with Gasteiger partial charge in [0.05, 0.1) is 0 Å². The monoisotopic (exact) mass is 390 g/mol. The Morgan fingerprint density at radius 2 is 2.00 bits per heavy atom. The van der Waals surface area contributed by atoms with E-state index in [-0.39, 0.29) is 0 Å². The number of nitrogens with zero attached hydrogens (tertiary/aromatic N) is 1.